The normalized spacial score (nSPS) is 31.2. The summed E-state index contributed by atoms with van der Waals surface area (Å²) in [5.41, 5.74) is 2.83. The van der Waals surface area contributed by atoms with E-state index in [1.165, 1.54) is 6.34 Å². The number of nitrogens with zero attached hydrogens (tertiary/aromatic N) is 2. The van der Waals surface area contributed by atoms with Gasteiger partial charge in [0.15, 0.2) is 12.5 Å². The Morgan fingerprint density at radius 2 is 2.29 bits per heavy atom. The molecule has 2 aliphatic heterocycles. The van der Waals surface area contributed by atoms with Crippen LogP contribution in [0.15, 0.2) is 5.10 Å². The molecule has 0 bridgehead atoms. The van der Waals surface area contributed by atoms with E-state index in [0.717, 1.165) is 6.61 Å². The highest BCUT2D eigenvalue weighted by Gasteiger charge is 2.31. The number of epoxide rings is 2. The quantitative estimate of drug-likeness (QED) is 0.263. The predicted octanol–water partition coefficient (Wildman–Crippen LogP) is -0.428. The van der Waals surface area contributed by atoms with Gasteiger partial charge in [-0.2, -0.15) is 5.10 Å². The first-order valence-corrected chi connectivity index (χ1v) is 4.61. The summed E-state index contributed by atoms with van der Waals surface area (Å²) in [6, 6.07) is 0.0613. The molecule has 6 heteroatoms. The Hall–Kier alpha value is -1.14. The highest BCUT2D eigenvalue weighted by Crippen LogP contribution is 2.15. The van der Waals surface area contributed by atoms with Crippen molar-refractivity contribution < 1.29 is 9.47 Å². The minimum atomic E-state index is 0.0612. The van der Waals surface area contributed by atoms with Crippen molar-refractivity contribution in [2.75, 3.05) is 13.2 Å². The minimum Gasteiger partial charge on any atom is -0.351 e. The molecule has 0 spiro atoms. The van der Waals surface area contributed by atoms with E-state index in [1.807, 2.05) is 6.92 Å². The summed E-state index contributed by atoms with van der Waals surface area (Å²) >= 11 is 0. The van der Waals surface area contributed by atoms with Gasteiger partial charge in [-0.05, 0) is 6.92 Å². The zero-order chi connectivity index (χ0) is 9.97. The summed E-state index contributed by atoms with van der Waals surface area (Å²) in [5, 5.41) is 11.2. The van der Waals surface area contributed by atoms with Crippen molar-refractivity contribution in [3.63, 3.8) is 0 Å². The first kappa shape index (κ1) is 9.42. The van der Waals surface area contributed by atoms with Gasteiger partial charge < -0.3 is 14.4 Å². The summed E-state index contributed by atoms with van der Waals surface area (Å²) in [6.45, 7) is 3.39. The average Bonchev–Trinajstić information content (AvgIpc) is 3.00. The lowest BCUT2D eigenvalue weighted by molar-refractivity contribution is 0.255. The van der Waals surface area contributed by atoms with Crippen LogP contribution in [0.3, 0.4) is 0 Å². The fourth-order valence-electron chi connectivity index (χ4n) is 1.11. The molecule has 0 aromatic heterocycles. The Bertz CT molecular complexity index is 237. The molecule has 2 fully saturated rings. The van der Waals surface area contributed by atoms with Crippen molar-refractivity contribution in [3.05, 3.63) is 0 Å². The maximum Gasteiger partial charge on any atom is 0.166 e. The molecular formula is C8H14N4O2. The van der Waals surface area contributed by atoms with Crippen LogP contribution in [0, 0.1) is 5.41 Å². The Morgan fingerprint density at radius 3 is 2.79 bits per heavy atom. The Labute approximate surface area is 82.4 Å². The smallest absolute Gasteiger partial charge is 0.166 e. The van der Waals surface area contributed by atoms with Gasteiger partial charge in [0.25, 0.3) is 0 Å². The van der Waals surface area contributed by atoms with Gasteiger partial charge in [-0.25, -0.2) is 0 Å². The molecule has 0 aromatic carbocycles. The van der Waals surface area contributed by atoms with Crippen LogP contribution in [0.1, 0.15) is 6.92 Å². The summed E-state index contributed by atoms with van der Waals surface area (Å²) in [6.07, 6.45) is 3.17. The van der Waals surface area contributed by atoms with E-state index in [1.54, 1.807) is 11.1 Å². The monoisotopic (exact) mass is 198 g/mol. The number of hydrogen-bond acceptors (Lipinski definition) is 5. The van der Waals surface area contributed by atoms with E-state index in [4.69, 9.17) is 14.9 Å². The molecule has 0 radical (unpaired) electrons. The third-order valence-corrected chi connectivity index (χ3v) is 2.11. The molecule has 6 nitrogen and oxygen atoms in total. The van der Waals surface area contributed by atoms with Crippen molar-refractivity contribution in [1.82, 2.24) is 10.3 Å². The van der Waals surface area contributed by atoms with Crippen LogP contribution in [0.25, 0.3) is 0 Å². The molecule has 0 amide bonds. The van der Waals surface area contributed by atoms with Crippen molar-refractivity contribution in [2.24, 2.45) is 5.10 Å². The van der Waals surface area contributed by atoms with Crippen LogP contribution in [0.2, 0.25) is 0 Å². The summed E-state index contributed by atoms with van der Waals surface area (Å²) in [7, 11) is 0. The summed E-state index contributed by atoms with van der Waals surface area (Å²) < 4.78 is 10.0. The standard InChI is InChI=1S/C8H14N4O2/c1-6(2-10-11-7-3-13-7)12(5-9)8-4-14-8/h2,5-9,11H,3-4H2,1H3/b9-5?,10-2+. The molecule has 0 aromatic rings. The molecule has 0 saturated carbocycles. The first-order chi connectivity index (χ1) is 6.81. The number of nitrogens with one attached hydrogen (secondary N) is 2. The molecule has 2 heterocycles. The molecule has 2 rings (SSSR count). The van der Waals surface area contributed by atoms with Crippen LogP contribution in [0.4, 0.5) is 0 Å². The van der Waals surface area contributed by atoms with Crippen LogP contribution < -0.4 is 5.43 Å². The summed E-state index contributed by atoms with van der Waals surface area (Å²) in [5.74, 6) is 0. The van der Waals surface area contributed by atoms with Crippen LogP contribution in [-0.4, -0.2) is 49.2 Å². The molecule has 3 atom stereocenters. The van der Waals surface area contributed by atoms with Gasteiger partial charge in [-0.3, -0.25) is 10.8 Å². The fraction of sp³-hybridized carbons (Fsp3) is 0.750. The zero-order valence-electron chi connectivity index (χ0n) is 8.01. The van der Waals surface area contributed by atoms with E-state index in [0.29, 0.717) is 6.61 Å². The van der Waals surface area contributed by atoms with E-state index in [9.17, 15) is 0 Å². The van der Waals surface area contributed by atoms with E-state index in [2.05, 4.69) is 10.5 Å². The second-order valence-electron chi connectivity index (χ2n) is 3.33. The molecule has 0 aliphatic carbocycles. The number of hydrogen-bond donors (Lipinski definition) is 2. The Kier molecular flexibility index (Phi) is 2.64. The lowest BCUT2D eigenvalue weighted by atomic mass is 10.3. The molecule has 78 valence electrons. The van der Waals surface area contributed by atoms with Crippen LogP contribution in [0.5, 0.6) is 0 Å². The number of ether oxygens (including phenoxy) is 2. The van der Waals surface area contributed by atoms with E-state index < -0.39 is 0 Å². The lowest BCUT2D eigenvalue weighted by Gasteiger charge is -2.20. The van der Waals surface area contributed by atoms with E-state index in [-0.39, 0.29) is 18.5 Å². The largest absolute Gasteiger partial charge is 0.351 e. The first-order valence-electron chi connectivity index (χ1n) is 4.61. The van der Waals surface area contributed by atoms with Crippen LogP contribution in [-0.2, 0) is 9.47 Å². The third kappa shape index (κ3) is 2.43. The zero-order valence-corrected chi connectivity index (χ0v) is 8.01. The van der Waals surface area contributed by atoms with Gasteiger partial charge in [0.2, 0.25) is 0 Å². The van der Waals surface area contributed by atoms with Gasteiger partial charge in [0.1, 0.15) is 0 Å². The molecule has 3 unspecified atom stereocenters. The Balaban J connectivity index is 1.75. The minimum absolute atomic E-state index is 0.0612. The van der Waals surface area contributed by atoms with Crippen molar-refractivity contribution >= 4 is 12.6 Å². The summed E-state index contributed by atoms with van der Waals surface area (Å²) in [4.78, 5) is 1.80. The topological polar surface area (TPSA) is 76.5 Å². The highest BCUT2D eigenvalue weighted by molar-refractivity contribution is 5.68. The molecule has 2 saturated heterocycles. The third-order valence-electron chi connectivity index (χ3n) is 2.11. The van der Waals surface area contributed by atoms with E-state index >= 15 is 0 Å². The lowest BCUT2D eigenvalue weighted by Crippen LogP contribution is -2.35. The van der Waals surface area contributed by atoms with Gasteiger partial charge >= 0.3 is 0 Å². The van der Waals surface area contributed by atoms with Gasteiger partial charge in [0, 0.05) is 6.21 Å². The maximum atomic E-state index is 7.21. The molecule has 14 heavy (non-hydrogen) atoms. The Morgan fingerprint density at radius 1 is 1.57 bits per heavy atom. The molecule has 2 N–H and O–H groups in total. The van der Waals surface area contributed by atoms with Crippen LogP contribution >= 0.6 is 0 Å². The predicted molar refractivity (Wildman–Crippen MR) is 51.2 cm³/mol. The maximum absolute atomic E-state index is 7.21. The second kappa shape index (κ2) is 3.93. The number of hydrazone groups is 1. The van der Waals surface area contributed by atoms with Gasteiger partial charge in [-0.15, -0.1) is 0 Å². The van der Waals surface area contributed by atoms with Gasteiger partial charge in [0.05, 0.1) is 25.6 Å². The SMILES string of the molecule is CC(/C=N/NC1CO1)N(C=N)C1CO1. The molecule has 2 aliphatic rings. The molecular weight excluding hydrogens is 184 g/mol. The average molecular weight is 198 g/mol. The second-order valence-corrected chi connectivity index (χ2v) is 3.33. The highest BCUT2D eigenvalue weighted by atomic mass is 16.6. The van der Waals surface area contributed by atoms with Crippen molar-refractivity contribution in [1.29, 1.82) is 5.41 Å². The van der Waals surface area contributed by atoms with Gasteiger partial charge in [-0.1, -0.05) is 0 Å². The van der Waals surface area contributed by atoms with Crippen molar-refractivity contribution in [3.8, 4) is 0 Å². The fourth-order valence-corrected chi connectivity index (χ4v) is 1.11. The number of rotatable bonds is 6. The van der Waals surface area contributed by atoms with Crippen molar-refractivity contribution in [2.45, 2.75) is 25.4 Å².